The van der Waals surface area contributed by atoms with E-state index in [-0.39, 0.29) is 0 Å². The van der Waals surface area contributed by atoms with Crippen LogP contribution in [-0.4, -0.2) is 0 Å². The molecule has 0 nitrogen and oxygen atoms in total. The summed E-state index contributed by atoms with van der Waals surface area (Å²) >= 11 is 0. The van der Waals surface area contributed by atoms with Crippen LogP contribution in [0.5, 0.6) is 0 Å². The second kappa shape index (κ2) is 5.75. The molecule has 0 saturated heterocycles. The fraction of sp³-hybridized carbons (Fsp3) is 0.467. The van der Waals surface area contributed by atoms with Crippen LogP contribution in [0.4, 0.5) is 0 Å². The lowest BCUT2D eigenvalue weighted by atomic mass is 9.87. The Morgan fingerprint density at radius 1 is 0.867 bits per heavy atom. The number of benzene rings is 1. The van der Waals surface area contributed by atoms with Crippen molar-refractivity contribution in [2.75, 3.05) is 0 Å². The molecule has 1 aromatic carbocycles. The van der Waals surface area contributed by atoms with Crippen molar-refractivity contribution in [3.8, 4) is 0 Å². The maximum atomic E-state index is 2.35. The molecule has 1 unspecified atom stereocenters. The fourth-order valence-corrected chi connectivity index (χ4v) is 1.74. The molecule has 1 aromatic rings. The minimum Gasteiger partial charge on any atom is -0.0853 e. The molecule has 15 heavy (non-hydrogen) atoms. The third kappa shape index (κ3) is 3.91. The zero-order valence-corrected chi connectivity index (χ0v) is 10.3. The second-order valence-corrected chi connectivity index (χ2v) is 4.81. The highest BCUT2D eigenvalue weighted by atomic mass is 14.2. The minimum atomic E-state index is 0.550. The van der Waals surface area contributed by atoms with Gasteiger partial charge in [-0.15, -0.1) is 0 Å². The van der Waals surface area contributed by atoms with Gasteiger partial charge in [-0.25, -0.2) is 0 Å². The standard InChI is InChI=1S/C15H22/c1-12(2)10-11-15(13(3)4)14-8-6-5-7-9-14/h5-13,15H,1-4H3. The Balaban J connectivity index is 2.84. The molecule has 0 saturated carbocycles. The summed E-state index contributed by atoms with van der Waals surface area (Å²) in [4.78, 5) is 0. The van der Waals surface area contributed by atoms with Gasteiger partial charge < -0.3 is 0 Å². The highest BCUT2D eigenvalue weighted by Gasteiger charge is 2.11. The van der Waals surface area contributed by atoms with Gasteiger partial charge in [0.1, 0.15) is 0 Å². The van der Waals surface area contributed by atoms with Crippen molar-refractivity contribution < 1.29 is 0 Å². The number of hydrogen-bond acceptors (Lipinski definition) is 0. The highest BCUT2D eigenvalue weighted by molar-refractivity contribution is 5.24. The van der Waals surface area contributed by atoms with Gasteiger partial charge in [-0.3, -0.25) is 0 Å². The molecule has 0 spiro atoms. The van der Waals surface area contributed by atoms with Crippen LogP contribution in [0.3, 0.4) is 0 Å². The quantitative estimate of drug-likeness (QED) is 0.624. The van der Waals surface area contributed by atoms with Crippen LogP contribution in [0.25, 0.3) is 0 Å². The first-order chi connectivity index (χ1) is 7.11. The van der Waals surface area contributed by atoms with Crippen molar-refractivity contribution in [3.63, 3.8) is 0 Å². The lowest BCUT2D eigenvalue weighted by molar-refractivity contribution is 0.574. The second-order valence-electron chi connectivity index (χ2n) is 4.81. The van der Waals surface area contributed by atoms with E-state index in [1.165, 1.54) is 5.56 Å². The smallest absolute Gasteiger partial charge is 0.00410 e. The van der Waals surface area contributed by atoms with Crippen LogP contribution in [0, 0.1) is 11.8 Å². The van der Waals surface area contributed by atoms with Gasteiger partial charge in [-0.2, -0.15) is 0 Å². The van der Waals surface area contributed by atoms with E-state index in [0.29, 0.717) is 17.8 Å². The molecule has 0 aromatic heterocycles. The maximum Gasteiger partial charge on any atom is 0.00410 e. The van der Waals surface area contributed by atoms with Gasteiger partial charge in [0.15, 0.2) is 0 Å². The average molecular weight is 202 g/mol. The molecular weight excluding hydrogens is 180 g/mol. The Bertz CT molecular complexity index is 293. The largest absolute Gasteiger partial charge is 0.0853 e. The molecule has 1 rings (SSSR count). The van der Waals surface area contributed by atoms with Crippen LogP contribution in [0.2, 0.25) is 0 Å². The molecule has 0 radical (unpaired) electrons. The Hall–Kier alpha value is -1.04. The van der Waals surface area contributed by atoms with E-state index in [1.54, 1.807) is 0 Å². The monoisotopic (exact) mass is 202 g/mol. The van der Waals surface area contributed by atoms with E-state index in [4.69, 9.17) is 0 Å². The molecule has 0 aliphatic heterocycles. The lowest BCUT2D eigenvalue weighted by Gasteiger charge is -2.17. The van der Waals surface area contributed by atoms with E-state index in [1.807, 2.05) is 0 Å². The first kappa shape index (κ1) is 12.0. The SMILES string of the molecule is CC(C)C=CC(c1ccccc1)C(C)C. The lowest BCUT2D eigenvalue weighted by Crippen LogP contribution is -2.03. The molecule has 0 fully saturated rings. The number of hydrogen-bond donors (Lipinski definition) is 0. The molecule has 1 atom stereocenters. The Morgan fingerprint density at radius 3 is 1.93 bits per heavy atom. The molecular formula is C15H22. The summed E-state index contributed by atoms with van der Waals surface area (Å²) in [7, 11) is 0. The first-order valence-corrected chi connectivity index (χ1v) is 5.84. The summed E-state index contributed by atoms with van der Waals surface area (Å²) in [5.74, 6) is 1.84. The predicted octanol–water partition coefficient (Wildman–Crippen LogP) is 4.64. The first-order valence-electron chi connectivity index (χ1n) is 5.84. The molecule has 82 valence electrons. The summed E-state index contributed by atoms with van der Waals surface area (Å²) in [6.45, 7) is 9.00. The van der Waals surface area contributed by atoms with Crippen LogP contribution < -0.4 is 0 Å². The van der Waals surface area contributed by atoms with E-state index in [0.717, 1.165) is 0 Å². The van der Waals surface area contributed by atoms with Gasteiger partial charge in [0, 0.05) is 5.92 Å². The third-order valence-electron chi connectivity index (χ3n) is 2.61. The van der Waals surface area contributed by atoms with Crippen molar-refractivity contribution in [2.45, 2.75) is 33.6 Å². The minimum absolute atomic E-state index is 0.550. The molecule has 0 heterocycles. The van der Waals surface area contributed by atoms with Crippen LogP contribution in [0.15, 0.2) is 42.5 Å². The fourth-order valence-electron chi connectivity index (χ4n) is 1.74. The summed E-state index contributed by atoms with van der Waals surface area (Å²) in [6.07, 6.45) is 4.66. The van der Waals surface area contributed by atoms with Crippen molar-refractivity contribution in [2.24, 2.45) is 11.8 Å². The molecule has 0 bridgehead atoms. The zero-order chi connectivity index (χ0) is 11.3. The molecule has 0 N–H and O–H groups in total. The molecule has 0 amide bonds. The molecule has 0 aliphatic carbocycles. The van der Waals surface area contributed by atoms with Gasteiger partial charge in [0.05, 0.1) is 0 Å². The van der Waals surface area contributed by atoms with Crippen molar-refractivity contribution in [1.82, 2.24) is 0 Å². The Morgan fingerprint density at radius 2 is 1.47 bits per heavy atom. The maximum absolute atomic E-state index is 2.35. The van der Waals surface area contributed by atoms with Crippen molar-refractivity contribution in [1.29, 1.82) is 0 Å². The Labute approximate surface area is 94.0 Å². The van der Waals surface area contributed by atoms with Crippen molar-refractivity contribution >= 4 is 0 Å². The summed E-state index contributed by atoms with van der Waals surface area (Å²) in [5, 5.41) is 0. The highest BCUT2D eigenvalue weighted by Crippen LogP contribution is 2.25. The van der Waals surface area contributed by atoms with Gasteiger partial charge >= 0.3 is 0 Å². The summed E-state index contributed by atoms with van der Waals surface area (Å²) < 4.78 is 0. The number of rotatable bonds is 4. The molecule has 0 heteroatoms. The van der Waals surface area contributed by atoms with Gasteiger partial charge in [0.2, 0.25) is 0 Å². The van der Waals surface area contributed by atoms with E-state index < -0.39 is 0 Å². The summed E-state index contributed by atoms with van der Waals surface area (Å²) in [6, 6.07) is 10.7. The molecule has 0 aliphatic rings. The van der Waals surface area contributed by atoms with E-state index in [2.05, 4.69) is 70.2 Å². The Kier molecular flexibility index (Phi) is 4.61. The van der Waals surface area contributed by atoms with Gasteiger partial charge in [0.25, 0.3) is 0 Å². The predicted molar refractivity (Wildman–Crippen MR) is 68.0 cm³/mol. The van der Waals surface area contributed by atoms with E-state index in [9.17, 15) is 0 Å². The average Bonchev–Trinajstić information content (AvgIpc) is 2.18. The van der Waals surface area contributed by atoms with E-state index >= 15 is 0 Å². The summed E-state index contributed by atoms with van der Waals surface area (Å²) in [5.41, 5.74) is 1.42. The third-order valence-corrected chi connectivity index (χ3v) is 2.61. The zero-order valence-electron chi connectivity index (χ0n) is 10.3. The number of allylic oxidation sites excluding steroid dienone is 2. The van der Waals surface area contributed by atoms with Crippen LogP contribution >= 0.6 is 0 Å². The topological polar surface area (TPSA) is 0 Å². The normalized spacial score (nSPS) is 14.0. The van der Waals surface area contributed by atoms with Gasteiger partial charge in [-0.1, -0.05) is 70.2 Å². The van der Waals surface area contributed by atoms with Crippen LogP contribution in [-0.2, 0) is 0 Å². The van der Waals surface area contributed by atoms with Crippen molar-refractivity contribution in [3.05, 3.63) is 48.0 Å². The van der Waals surface area contributed by atoms with Gasteiger partial charge in [-0.05, 0) is 17.4 Å². The van der Waals surface area contributed by atoms with Crippen LogP contribution in [0.1, 0.15) is 39.2 Å².